The number of fused-ring (bicyclic) bond motifs is 1. The highest BCUT2D eigenvalue weighted by Crippen LogP contribution is 2.34. The van der Waals surface area contributed by atoms with Crippen molar-refractivity contribution in [2.75, 3.05) is 18.4 Å². The lowest BCUT2D eigenvalue weighted by Crippen LogP contribution is -2.41. The molecule has 1 N–H and O–H groups in total. The number of nitrogens with zero attached hydrogens (tertiary/aromatic N) is 2. The molecule has 0 spiro atoms. The van der Waals surface area contributed by atoms with E-state index in [-0.39, 0.29) is 17.9 Å². The third-order valence-corrected chi connectivity index (χ3v) is 4.60. The molecule has 27 heavy (non-hydrogen) atoms. The van der Waals surface area contributed by atoms with E-state index in [9.17, 15) is 9.59 Å². The molecule has 6 nitrogen and oxygen atoms in total. The van der Waals surface area contributed by atoms with Gasteiger partial charge in [-0.2, -0.15) is 0 Å². The van der Waals surface area contributed by atoms with E-state index in [0.29, 0.717) is 13.1 Å². The van der Waals surface area contributed by atoms with Crippen molar-refractivity contribution in [1.82, 2.24) is 9.88 Å². The predicted molar refractivity (Wildman–Crippen MR) is 106 cm³/mol. The minimum atomic E-state index is -0.494. The maximum Gasteiger partial charge on any atom is 0.410 e. The van der Waals surface area contributed by atoms with Crippen LogP contribution in [-0.2, 0) is 9.53 Å². The minimum Gasteiger partial charge on any atom is -0.444 e. The van der Waals surface area contributed by atoms with E-state index in [2.05, 4.69) is 5.32 Å². The van der Waals surface area contributed by atoms with Crippen LogP contribution in [0.1, 0.15) is 52.1 Å². The fourth-order valence-electron chi connectivity index (χ4n) is 3.39. The highest BCUT2D eigenvalue weighted by Gasteiger charge is 2.29. The van der Waals surface area contributed by atoms with Gasteiger partial charge in [0.2, 0.25) is 5.91 Å². The summed E-state index contributed by atoms with van der Waals surface area (Å²) in [4.78, 5) is 30.5. The Morgan fingerprint density at radius 1 is 1.19 bits per heavy atom. The van der Waals surface area contributed by atoms with E-state index in [1.165, 1.54) is 6.92 Å². The zero-order valence-corrected chi connectivity index (χ0v) is 16.4. The lowest BCUT2D eigenvalue weighted by Gasteiger charge is -2.33. The zero-order chi connectivity index (χ0) is 19.6. The highest BCUT2D eigenvalue weighted by molar-refractivity contribution is 5.93. The lowest BCUT2D eigenvalue weighted by atomic mass is 9.91. The van der Waals surface area contributed by atoms with Gasteiger partial charge in [-0.3, -0.25) is 9.78 Å². The third kappa shape index (κ3) is 4.76. The van der Waals surface area contributed by atoms with Crippen molar-refractivity contribution < 1.29 is 14.3 Å². The average molecular weight is 369 g/mol. The smallest absolute Gasteiger partial charge is 0.410 e. The molecular formula is C21H27N3O3. The molecule has 0 atom stereocenters. The van der Waals surface area contributed by atoms with Crippen molar-refractivity contribution >= 4 is 28.6 Å². The largest absolute Gasteiger partial charge is 0.444 e. The van der Waals surface area contributed by atoms with Crippen LogP contribution in [-0.4, -0.2) is 40.6 Å². The van der Waals surface area contributed by atoms with Gasteiger partial charge in [-0.15, -0.1) is 0 Å². The number of ether oxygens (including phenoxy) is 1. The van der Waals surface area contributed by atoms with Crippen LogP contribution in [0.15, 0.2) is 30.3 Å². The van der Waals surface area contributed by atoms with Crippen LogP contribution in [0.2, 0.25) is 0 Å². The number of piperidine rings is 1. The number of carbonyl (C=O) groups excluding carboxylic acids is 2. The summed E-state index contributed by atoms with van der Waals surface area (Å²) in [7, 11) is 0. The number of rotatable bonds is 2. The number of hydrogen-bond donors (Lipinski definition) is 1. The summed E-state index contributed by atoms with van der Waals surface area (Å²) in [6.07, 6.45) is 1.31. The number of para-hydroxylation sites is 1. The van der Waals surface area contributed by atoms with Crippen LogP contribution < -0.4 is 5.32 Å². The zero-order valence-electron chi connectivity index (χ0n) is 16.4. The predicted octanol–water partition coefficient (Wildman–Crippen LogP) is 4.31. The Bertz CT molecular complexity index is 849. The van der Waals surface area contributed by atoms with E-state index < -0.39 is 5.60 Å². The van der Waals surface area contributed by atoms with Gasteiger partial charge in [0.25, 0.3) is 0 Å². The molecule has 0 bridgehead atoms. The number of nitrogens with one attached hydrogen (secondary N) is 1. The first-order valence-electron chi connectivity index (χ1n) is 9.38. The number of amides is 2. The molecule has 1 aromatic heterocycles. The first-order valence-corrected chi connectivity index (χ1v) is 9.38. The molecular weight excluding hydrogens is 342 g/mol. The number of hydrogen-bond acceptors (Lipinski definition) is 4. The van der Waals surface area contributed by atoms with Crippen molar-refractivity contribution in [3.63, 3.8) is 0 Å². The van der Waals surface area contributed by atoms with Gasteiger partial charge in [0.1, 0.15) is 5.60 Å². The molecule has 6 heteroatoms. The summed E-state index contributed by atoms with van der Waals surface area (Å²) in [5.74, 6) is 0.0784. The summed E-state index contributed by atoms with van der Waals surface area (Å²) < 4.78 is 5.47. The first kappa shape index (κ1) is 19.1. The second kappa shape index (κ2) is 7.55. The minimum absolute atomic E-state index is 0.112. The van der Waals surface area contributed by atoms with E-state index >= 15 is 0 Å². The maximum atomic E-state index is 12.3. The Kier molecular flexibility index (Phi) is 5.35. The van der Waals surface area contributed by atoms with E-state index in [0.717, 1.165) is 35.1 Å². The molecule has 3 rings (SSSR count). The van der Waals surface area contributed by atoms with Crippen molar-refractivity contribution in [3.8, 4) is 0 Å². The van der Waals surface area contributed by atoms with Crippen LogP contribution >= 0.6 is 0 Å². The Morgan fingerprint density at radius 2 is 1.85 bits per heavy atom. The molecule has 1 aromatic carbocycles. The summed E-state index contributed by atoms with van der Waals surface area (Å²) in [6.45, 7) is 8.36. The highest BCUT2D eigenvalue weighted by atomic mass is 16.6. The van der Waals surface area contributed by atoms with Crippen LogP contribution in [0.5, 0.6) is 0 Å². The second-order valence-corrected chi connectivity index (χ2v) is 8.04. The molecule has 0 radical (unpaired) electrons. The van der Waals surface area contributed by atoms with Gasteiger partial charge in [-0.25, -0.2) is 4.79 Å². The van der Waals surface area contributed by atoms with Crippen molar-refractivity contribution in [2.45, 2.75) is 52.1 Å². The Morgan fingerprint density at radius 3 is 2.48 bits per heavy atom. The number of benzene rings is 1. The van der Waals surface area contributed by atoms with Crippen LogP contribution in [0.3, 0.4) is 0 Å². The number of pyridine rings is 1. The van der Waals surface area contributed by atoms with Gasteiger partial charge in [-0.05, 0) is 45.7 Å². The van der Waals surface area contributed by atoms with Crippen molar-refractivity contribution in [2.24, 2.45) is 0 Å². The maximum absolute atomic E-state index is 12.3. The summed E-state index contributed by atoms with van der Waals surface area (Å²) in [5.41, 5.74) is 2.08. The van der Waals surface area contributed by atoms with E-state index in [4.69, 9.17) is 9.72 Å². The molecule has 0 aliphatic carbocycles. The summed E-state index contributed by atoms with van der Waals surface area (Å²) in [5, 5.41) is 3.92. The average Bonchev–Trinajstić information content (AvgIpc) is 2.59. The van der Waals surface area contributed by atoms with Gasteiger partial charge in [0.15, 0.2) is 0 Å². The van der Waals surface area contributed by atoms with Gasteiger partial charge in [0.05, 0.1) is 16.9 Å². The molecule has 0 saturated carbocycles. The van der Waals surface area contributed by atoms with E-state index in [1.54, 1.807) is 4.90 Å². The number of carbonyl (C=O) groups is 2. The SMILES string of the molecule is CC(=O)Nc1cc2ccccc2nc1C1CCN(C(=O)OC(C)(C)C)CC1. The Hall–Kier alpha value is -2.63. The molecule has 2 amide bonds. The summed E-state index contributed by atoms with van der Waals surface area (Å²) >= 11 is 0. The number of likely N-dealkylation sites (tertiary alicyclic amines) is 1. The molecule has 1 saturated heterocycles. The molecule has 2 heterocycles. The van der Waals surface area contributed by atoms with Crippen LogP contribution in [0, 0.1) is 0 Å². The summed E-state index contributed by atoms with van der Waals surface area (Å²) in [6, 6.07) is 9.87. The Balaban J connectivity index is 1.79. The third-order valence-electron chi connectivity index (χ3n) is 4.60. The molecule has 144 valence electrons. The normalized spacial score (nSPS) is 15.6. The monoisotopic (exact) mass is 369 g/mol. The fourth-order valence-corrected chi connectivity index (χ4v) is 3.39. The number of anilines is 1. The molecule has 1 fully saturated rings. The number of aromatic nitrogens is 1. The molecule has 2 aromatic rings. The quantitative estimate of drug-likeness (QED) is 0.856. The van der Waals surface area contributed by atoms with Crippen molar-refractivity contribution in [3.05, 3.63) is 36.0 Å². The standard InChI is InChI=1S/C21H27N3O3/c1-14(25)22-18-13-16-7-5-6-8-17(16)23-19(18)15-9-11-24(12-10-15)20(26)27-21(2,3)4/h5-8,13,15H,9-12H2,1-4H3,(H,22,25). The van der Waals surface area contributed by atoms with Gasteiger partial charge in [0, 0.05) is 31.3 Å². The van der Waals surface area contributed by atoms with Gasteiger partial charge in [-0.1, -0.05) is 18.2 Å². The molecule has 1 aliphatic rings. The lowest BCUT2D eigenvalue weighted by molar-refractivity contribution is -0.114. The van der Waals surface area contributed by atoms with Crippen LogP contribution in [0.25, 0.3) is 10.9 Å². The van der Waals surface area contributed by atoms with Crippen LogP contribution in [0.4, 0.5) is 10.5 Å². The second-order valence-electron chi connectivity index (χ2n) is 8.04. The van der Waals surface area contributed by atoms with Crippen molar-refractivity contribution in [1.29, 1.82) is 0 Å². The first-order chi connectivity index (χ1) is 12.7. The Labute approximate surface area is 159 Å². The molecule has 1 aliphatic heterocycles. The molecule has 0 unspecified atom stereocenters. The topological polar surface area (TPSA) is 71.5 Å². The van der Waals surface area contributed by atoms with E-state index in [1.807, 2.05) is 51.1 Å². The van der Waals surface area contributed by atoms with Gasteiger partial charge >= 0.3 is 6.09 Å². The fraction of sp³-hybridized carbons (Fsp3) is 0.476. The van der Waals surface area contributed by atoms with Gasteiger partial charge < -0.3 is 15.0 Å².